The molecule has 1 atom stereocenters. The normalized spacial score (nSPS) is 15.9. The summed E-state index contributed by atoms with van der Waals surface area (Å²) in [5.41, 5.74) is 2.42. The summed E-state index contributed by atoms with van der Waals surface area (Å²) in [4.78, 5) is 24.4. The van der Waals surface area contributed by atoms with Crippen LogP contribution in [0.5, 0.6) is 5.75 Å². The summed E-state index contributed by atoms with van der Waals surface area (Å²) in [5.74, 6) is 1.39. The number of nitrogens with one attached hydrogen (secondary N) is 2. The van der Waals surface area contributed by atoms with E-state index in [4.69, 9.17) is 9.84 Å². The first-order valence-corrected chi connectivity index (χ1v) is 10.9. The quantitative estimate of drug-likeness (QED) is 0.402. The lowest BCUT2D eigenvalue weighted by atomic mass is 10.1. The first-order chi connectivity index (χ1) is 15.0. The van der Waals surface area contributed by atoms with Crippen molar-refractivity contribution in [2.24, 2.45) is 0 Å². The van der Waals surface area contributed by atoms with Gasteiger partial charge in [0.15, 0.2) is 5.65 Å². The lowest BCUT2D eigenvalue weighted by Gasteiger charge is -2.31. The number of hydrogen-bond donors (Lipinski definition) is 4. The lowest BCUT2D eigenvalue weighted by molar-refractivity contribution is 0.0963. The van der Waals surface area contributed by atoms with Crippen LogP contribution in [-0.4, -0.2) is 74.5 Å². The summed E-state index contributed by atoms with van der Waals surface area (Å²) in [6.45, 7) is 1.61. The number of pyridine rings is 1. The zero-order valence-corrected chi connectivity index (χ0v) is 18.4. The first kappa shape index (κ1) is 21.5. The number of amides is 1. The summed E-state index contributed by atoms with van der Waals surface area (Å²) in [6, 6.07) is 9.61. The molecule has 9 nitrogen and oxygen atoms in total. The third kappa shape index (κ3) is 5.52. The van der Waals surface area contributed by atoms with Crippen LogP contribution in [0.1, 0.15) is 12.8 Å². The molecule has 3 heterocycles. The van der Waals surface area contributed by atoms with Crippen LogP contribution in [0.2, 0.25) is 0 Å². The summed E-state index contributed by atoms with van der Waals surface area (Å²) in [7, 11) is 0. The van der Waals surface area contributed by atoms with E-state index in [9.17, 15) is 9.90 Å². The highest BCUT2D eigenvalue weighted by atomic mass is 79.9. The number of aromatic nitrogens is 3. The van der Waals surface area contributed by atoms with Gasteiger partial charge in [-0.2, -0.15) is 0 Å². The van der Waals surface area contributed by atoms with Crippen LogP contribution in [-0.2, 0) is 0 Å². The Labute approximate surface area is 187 Å². The highest BCUT2D eigenvalue weighted by molar-refractivity contribution is 9.10. The van der Waals surface area contributed by atoms with Crippen molar-refractivity contribution < 1.29 is 19.7 Å². The van der Waals surface area contributed by atoms with Gasteiger partial charge in [0, 0.05) is 41.9 Å². The third-order valence-corrected chi connectivity index (χ3v) is 5.71. The van der Waals surface area contributed by atoms with E-state index in [1.807, 2.05) is 30.3 Å². The minimum Gasteiger partial charge on any atom is -0.491 e. The van der Waals surface area contributed by atoms with Gasteiger partial charge < -0.3 is 30.2 Å². The van der Waals surface area contributed by atoms with Crippen LogP contribution in [0.3, 0.4) is 0 Å². The van der Waals surface area contributed by atoms with Gasteiger partial charge >= 0.3 is 6.09 Å². The minimum atomic E-state index is -0.872. The fourth-order valence-corrected chi connectivity index (χ4v) is 3.86. The van der Waals surface area contributed by atoms with Crippen LogP contribution < -0.4 is 10.1 Å². The van der Waals surface area contributed by atoms with Crippen molar-refractivity contribution in [2.75, 3.05) is 26.2 Å². The van der Waals surface area contributed by atoms with Crippen molar-refractivity contribution >= 4 is 33.2 Å². The number of aromatic amines is 1. The van der Waals surface area contributed by atoms with Crippen LogP contribution in [0, 0.1) is 0 Å². The van der Waals surface area contributed by atoms with Crippen LogP contribution >= 0.6 is 15.9 Å². The standard InChI is InChI=1S/C21H24BrN5O4/c22-14-9-18-20(24-10-14)26-19(25-18)13-1-3-17(4-2-13)31-12-16(28)11-23-15-5-7-27(8-6-15)21(29)30/h1-4,9-10,15-16,23,28H,5-8,11-12H2,(H,29,30)(H,24,25,26). The molecule has 4 rings (SSSR count). The maximum Gasteiger partial charge on any atom is 0.407 e. The molecular weight excluding hydrogens is 466 g/mol. The maximum absolute atomic E-state index is 10.9. The third-order valence-electron chi connectivity index (χ3n) is 5.28. The zero-order valence-electron chi connectivity index (χ0n) is 16.8. The number of aliphatic hydroxyl groups excluding tert-OH is 1. The van der Waals surface area contributed by atoms with Gasteiger partial charge in [-0.25, -0.2) is 14.8 Å². The molecule has 0 bridgehead atoms. The Balaban J connectivity index is 1.24. The monoisotopic (exact) mass is 489 g/mol. The van der Waals surface area contributed by atoms with E-state index in [1.54, 1.807) is 6.20 Å². The molecular formula is C21H24BrN5O4. The number of ether oxygens (including phenoxy) is 1. The van der Waals surface area contributed by atoms with E-state index in [0.717, 1.165) is 39.9 Å². The second-order valence-electron chi connectivity index (χ2n) is 7.55. The topological polar surface area (TPSA) is 124 Å². The number of fused-ring (bicyclic) bond motifs is 1. The number of rotatable bonds is 7. The molecule has 1 fully saturated rings. The van der Waals surface area contributed by atoms with Crippen molar-refractivity contribution in [3.63, 3.8) is 0 Å². The van der Waals surface area contributed by atoms with Gasteiger partial charge in [0.2, 0.25) is 0 Å². The molecule has 1 amide bonds. The van der Waals surface area contributed by atoms with Gasteiger partial charge in [-0.3, -0.25) is 0 Å². The number of carboxylic acid groups (broad SMARTS) is 1. The lowest BCUT2D eigenvalue weighted by Crippen LogP contribution is -2.46. The summed E-state index contributed by atoms with van der Waals surface area (Å²) >= 11 is 3.40. The highest BCUT2D eigenvalue weighted by Gasteiger charge is 2.22. The Morgan fingerprint density at radius 3 is 2.77 bits per heavy atom. The average Bonchev–Trinajstić information content (AvgIpc) is 3.20. The van der Waals surface area contributed by atoms with Gasteiger partial charge in [0.05, 0.1) is 0 Å². The number of hydrogen-bond acceptors (Lipinski definition) is 6. The number of nitrogens with zero attached hydrogens (tertiary/aromatic N) is 3. The molecule has 1 aliphatic rings. The van der Waals surface area contributed by atoms with E-state index in [-0.39, 0.29) is 12.6 Å². The fraction of sp³-hybridized carbons (Fsp3) is 0.381. The Bertz CT molecular complexity index is 1030. The average molecular weight is 490 g/mol. The van der Waals surface area contributed by atoms with Gasteiger partial charge in [0.25, 0.3) is 0 Å². The van der Waals surface area contributed by atoms with Gasteiger partial charge in [-0.05, 0) is 59.1 Å². The van der Waals surface area contributed by atoms with Crippen molar-refractivity contribution in [1.29, 1.82) is 0 Å². The number of carbonyl (C=O) groups is 1. The van der Waals surface area contributed by atoms with Gasteiger partial charge in [-0.15, -0.1) is 0 Å². The molecule has 0 radical (unpaired) electrons. The number of aliphatic hydroxyl groups is 1. The first-order valence-electron chi connectivity index (χ1n) is 10.1. The molecule has 164 valence electrons. The predicted octanol–water partition coefficient (Wildman–Crippen LogP) is 2.86. The number of H-pyrrole nitrogens is 1. The van der Waals surface area contributed by atoms with Crippen molar-refractivity contribution in [3.8, 4) is 17.1 Å². The number of benzene rings is 1. The number of imidazole rings is 1. The minimum absolute atomic E-state index is 0.170. The van der Waals surface area contributed by atoms with Crippen molar-refractivity contribution in [3.05, 3.63) is 41.0 Å². The van der Waals surface area contributed by atoms with E-state index >= 15 is 0 Å². The van der Waals surface area contributed by atoms with Crippen molar-refractivity contribution in [1.82, 2.24) is 25.2 Å². The van der Waals surface area contributed by atoms with Gasteiger partial charge in [-0.1, -0.05) is 0 Å². The second-order valence-corrected chi connectivity index (χ2v) is 8.46. The number of halogens is 1. The Hall–Kier alpha value is -2.69. The predicted molar refractivity (Wildman–Crippen MR) is 119 cm³/mol. The molecule has 4 N–H and O–H groups in total. The number of likely N-dealkylation sites (tertiary alicyclic amines) is 1. The molecule has 1 aromatic carbocycles. The maximum atomic E-state index is 10.9. The van der Waals surface area contributed by atoms with Gasteiger partial charge in [0.1, 0.15) is 29.8 Å². The summed E-state index contributed by atoms with van der Waals surface area (Å²) < 4.78 is 6.57. The molecule has 0 aliphatic carbocycles. The van der Waals surface area contributed by atoms with Crippen LogP contribution in [0.4, 0.5) is 4.79 Å². The summed E-state index contributed by atoms with van der Waals surface area (Å²) in [5, 5.41) is 22.5. The van der Waals surface area contributed by atoms with Crippen molar-refractivity contribution in [2.45, 2.75) is 25.0 Å². The largest absolute Gasteiger partial charge is 0.491 e. The summed E-state index contributed by atoms with van der Waals surface area (Å²) in [6.07, 6.45) is 1.69. The molecule has 1 aliphatic heterocycles. The van der Waals surface area contributed by atoms with E-state index in [1.165, 1.54) is 4.90 Å². The molecule has 2 aromatic heterocycles. The molecule has 1 saturated heterocycles. The molecule has 10 heteroatoms. The molecule has 31 heavy (non-hydrogen) atoms. The van der Waals surface area contributed by atoms with E-state index < -0.39 is 12.2 Å². The Morgan fingerprint density at radius 2 is 2.06 bits per heavy atom. The van der Waals surface area contributed by atoms with Crippen LogP contribution in [0.25, 0.3) is 22.6 Å². The molecule has 0 spiro atoms. The Kier molecular flexibility index (Phi) is 6.69. The Morgan fingerprint density at radius 1 is 1.32 bits per heavy atom. The molecule has 1 unspecified atom stereocenters. The molecule has 3 aromatic rings. The SMILES string of the molecule is O=C(O)N1CCC(NCC(O)COc2ccc(-c3nc4cc(Br)cnc4[nH]3)cc2)CC1. The van der Waals surface area contributed by atoms with Crippen LogP contribution in [0.15, 0.2) is 41.0 Å². The van der Waals surface area contributed by atoms with E-state index in [2.05, 4.69) is 36.2 Å². The molecule has 0 saturated carbocycles. The smallest absolute Gasteiger partial charge is 0.407 e. The number of piperidine rings is 1. The van der Waals surface area contributed by atoms with E-state index in [0.29, 0.717) is 25.4 Å². The second kappa shape index (κ2) is 9.63. The highest BCUT2D eigenvalue weighted by Crippen LogP contribution is 2.23. The fourth-order valence-electron chi connectivity index (χ4n) is 3.55. The zero-order chi connectivity index (χ0) is 21.8.